The summed E-state index contributed by atoms with van der Waals surface area (Å²) in [6.45, 7) is 1.77. The third kappa shape index (κ3) is 5.13. The second kappa shape index (κ2) is 8.04. The summed E-state index contributed by atoms with van der Waals surface area (Å²) in [7, 11) is 0. The number of nitro groups is 1. The Kier molecular flexibility index (Phi) is 5.83. The van der Waals surface area contributed by atoms with Crippen LogP contribution in [0, 0.1) is 17.0 Å². The maximum atomic E-state index is 12.0. The van der Waals surface area contributed by atoms with Gasteiger partial charge < -0.3 is 25.1 Å². The Balaban J connectivity index is 1.93. The van der Waals surface area contributed by atoms with Crippen LogP contribution in [0.2, 0.25) is 0 Å². The second-order valence-electron chi connectivity index (χ2n) is 5.49. The smallest absolute Gasteiger partial charge is 0.381 e. The van der Waals surface area contributed by atoms with Gasteiger partial charge in [0.15, 0.2) is 0 Å². The molecule has 0 unspecified atom stereocenters. The molecule has 0 aliphatic rings. The number of carbonyl (C=O) groups is 2. The predicted octanol–water partition coefficient (Wildman–Crippen LogP) is 1.30. The van der Waals surface area contributed by atoms with Crippen molar-refractivity contribution in [3.8, 4) is 0 Å². The number of aryl methyl sites for hydroxylation is 2. The van der Waals surface area contributed by atoms with E-state index in [0.717, 1.165) is 5.56 Å². The molecule has 0 aliphatic heterocycles. The number of hydrogen-bond acceptors (Lipinski definition) is 5. The molecule has 0 bridgehead atoms. The van der Waals surface area contributed by atoms with Crippen molar-refractivity contribution < 1.29 is 19.6 Å². The van der Waals surface area contributed by atoms with Gasteiger partial charge in [0, 0.05) is 26.3 Å². The molecule has 1 heterocycles. The molecule has 0 fully saturated rings. The fourth-order valence-corrected chi connectivity index (χ4v) is 2.34. The van der Waals surface area contributed by atoms with Crippen molar-refractivity contribution in [1.82, 2.24) is 14.9 Å². The van der Waals surface area contributed by atoms with Crippen molar-refractivity contribution in [3.05, 3.63) is 58.0 Å². The minimum absolute atomic E-state index is 0.00702. The van der Waals surface area contributed by atoms with Crippen molar-refractivity contribution in [2.75, 3.05) is 0 Å². The van der Waals surface area contributed by atoms with Gasteiger partial charge in [-0.05, 0) is 15.5 Å². The third-order valence-corrected chi connectivity index (χ3v) is 3.65. The van der Waals surface area contributed by atoms with Crippen LogP contribution in [-0.4, -0.2) is 37.5 Å². The molecular formula is C16H18N4O5. The molecule has 1 amide bonds. The van der Waals surface area contributed by atoms with Gasteiger partial charge in [0.05, 0.1) is 0 Å². The SMILES string of the molecule is Cc1nc([N+](=O)[O-])cn1CCC(=O)N[C@H](Cc1ccccc1)C(=O)O. The summed E-state index contributed by atoms with van der Waals surface area (Å²) in [5.74, 6) is -1.44. The number of hydrogen-bond donors (Lipinski definition) is 2. The van der Waals surface area contributed by atoms with E-state index in [9.17, 15) is 24.8 Å². The number of benzene rings is 1. The highest BCUT2D eigenvalue weighted by atomic mass is 16.6. The standard InChI is InChI=1S/C16H18N4O5/c1-11-17-14(20(24)25)10-19(11)8-7-15(21)18-13(16(22)23)9-12-5-3-2-4-6-12/h2-6,10,13H,7-9H2,1H3,(H,18,21)(H,22,23)/t13-/m1/s1. The number of rotatable bonds is 8. The first-order chi connectivity index (χ1) is 11.9. The van der Waals surface area contributed by atoms with Gasteiger partial charge in [0.1, 0.15) is 12.2 Å². The normalized spacial score (nSPS) is 11.7. The molecule has 132 valence electrons. The first-order valence-electron chi connectivity index (χ1n) is 7.61. The molecule has 0 spiro atoms. The Morgan fingerprint density at radius 1 is 1.36 bits per heavy atom. The van der Waals surface area contributed by atoms with Crippen molar-refractivity contribution >= 4 is 17.7 Å². The summed E-state index contributed by atoms with van der Waals surface area (Å²) in [6, 6.07) is 7.96. The summed E-state index contributed by atoms with van der Waals surface area (Å²) in [6.07, 6.45) is 1.42. The molecule has 1 atom stereocenters. The number of aromatic nitrogens is 2. The lowest BCUT2D eigenvalue weighted by Gasteiger charge is -2.14. The molecule has 2 N–H and O–H groups in total. The number of carboxylic acid groups (broad SMARTS) is 1. The van der Waals surface area contributed by atoms with E-state index in [4.69, 9.17) is 0 Å². The Morgan fingerprint density at radius 3 is 2.60 bits per heavy atom. The van der Waals surface area contributed by atoms with Crippen LogP contribution >= 0.6 is 0 Å². The first-order valence-corrected chi connectivity index (χ1v) is 7.61. The highest BCUT2D eigenvalue weighted by Crippen LogP contribution is 2.11. The van der Waals surface area contributed by atoms with Gasteiger partial charge in [-0.3, -0.25) is 4.79 Å². The van der Waals surface area contributed by atoms with Crippen LogP contribution in [0.1, 0.15) is 17.8 Å². The molecular weight excluding hydrogens is 328 g/mol. The lowest BCUT2D eigenvalue weighted by atomic mass is 10.1. The first kappa shape index (κ1) is 18.1. The van der Waals surface area contributed by atoms with E-state index in [1.807, 2.05) is 6.07 Å². The molecule has 1 aromatic heterocycles. The zero-order chi connectivity index (χ0) is 18.4. The summed E-state index contributed by atoms with van der Waals surface area (Å²) in [5.41, 5.74) is 0.802. The van der Waals surface area contributed by atoms with Crippen molar-refractivity contribution in [2.24, 2.45) is 0 Å². The number of nitrogens with zero attached hydrogens (tertiary/aromatic N) is 3. The van der Waals surface area contributed by atoms with Crippen molar-refractivity contribution in [3.63, 3.8) is 0 Å². The van der Waals surface area contributed by atoms with Gasteiger partial charge >= 0.3 is 11.8 Å². The largest absolute Gasteiger partial charge is 0.480 e. The van der Waals surface area contributed by atoms with E-state index >= 15 is 0 Å². The van der Waals surface area contributed by atoms with E-state index in [2.05, 4.69) is 10.3 Å². The summed E-state index contributed by atoms with van der Waals surface area (Å²) in [4.78, 5) is 37.2. The Labute approximate surface area is 143 Å². The number of carboxylic acids is 1. The molecule has 25 heavy (non-hydrogen) atoms. The fourth-order valence-electron chi connectivity index (χ4n) is 2.34. The zero-order valence-corrected chi connectivity index (χ0v) is 13.6. The van der Waals surface area contributed by atoms with Gasteiger partial charge in [-0.25, -0.2) is 4.79 Å². The quantitative estimate of drug-likeness (QED) is 0.548. The Morgan fingerprint density at radius 2 is 2.04 bits per heavy atom. The minimum Gasteiger partial charge on any atom is -0.480 e. The minimum atomic E-state index is -1.12. The number of imidazole rings is 1. The topological polar surface area (TPSA) is 127 Å². The summed E-state index contributed by atoms with van der Waals surface area (Å²) in [5, 5.41) is 22.4. The van der Waals surface area contributed by atoms with Crippen LogP contribution in [-0.2, 0) is 22.6 Å². The second-order valence-corrected chi connectivity index (χ2v) is 5.49. The lowest BCUT2D eigenvalue weighted by Crippen LogP contribution is -2.42. The monoisotopic (exact) mass is 346 g/mol. The fraction of sp³-hybridized carbons (Fsp3) is 0.312. The Bertz CT molecular complexity index is 772. The van der Waals surface area contributed by atoms with Gasteiger partial charge in [-0.2, -0.15) is 0 Å². The average Bonchev–Trinajstić information content (AvgIpc) is 2.94. The van der Waals surface area contributed by atoms with E-state index in [1.165, 1.54) is 10.8 Å². The number of aliphatic carboxylic acids is 1. The summed E-state index contributed by atoms with van der Waals surface area (Å²) >= 11 is 0. The maximum absolute atomic E-state index is 12.0. The molecule has 2 aromatic rings. The molecule has 0 saturated heterocycles. The number of amides is 1. The van der Waals surface area contributed by atoms with Gasteiger partial charge in [-0.15, -0.1) is 0 Å². The number of nitrogens with one attached hydrogen (secondary N) is 1. The van der Waals surface area contributed by atoms with Crippen LogP contribution in [0.15, 0.2) is 36.5 Å². The molecule has 2 rings (SSSR count). The van der Waals surface area contributed by atoms with E-state index in [-0.39, 0.29) is 25.2 Å². The molecule has 0 aliphatic carbocycles. The molecule has 9 nitrogen and oxygen atoms in total. The van der Waals surface area contributed by atoms with E-state index in [1.54, 1.807) is 31.2 Å². The predicted molar refractivity (Wildman–Crippen MR) is 87.9 cm³/mol. The van der Waals surface area contributed by atoms with Crippen LogP contribution < -0.4 is 5.32 Å². The molecule has 9 heteroatoms. The molecule has 1 aromatic carbocycles. The molecule has 0 saturated carbocycles. The van der Waals surface area contributed by atoms with Crippen molar-refractivity contribution in [1.29, 1.82) is 0 Å². The van der Waals surface area contributed by atoms with E-state index in [0.29, 0.717) is 5.82 Å². The van der Waals surface area contributed by atoms with Gasteiger partial charge in [0.2, 0.25) is 11.7 Å². The third-order valence-electron chi connectivity index (χ3n) is 3.65. The highest BCUT2D eigenvalue weighted by Gasteiger charge is 2.21. The van der Waals surface area contributed by atoms with E-state index < -0.39 is 22.8 Å². The maximum Gasteiger partial charge on any atom is 0.381 e. The van der Waals surface area contributed by atoms with Crippen LogP contribution in [0.4, 0.5) is 5.82 Å². The highest BCUT2D eigenvalue weighted by molar-refractivity contribution is 5.83. The summed E-state index contributed by atoms with van der Waals surface area (Å²) < 4.78 is 1.49. The average molecular weight is 346 g/mol. The van der Waals surface area contributed by atoms with Crippen molar-refractivity contribution in [2.45, 2.75) is 32.4 Å². The number of carbonyl (C=O) groups excluding carboxylic acids is 1. The van der Waals surface area contributed by atoms with Crippen LogP contribution in [0.25, 0.3) is 0 Å². The Hall–Kier alpha value is -3.23. The lowest BCUT2D eigenvalue weighted by molar-refractivity contribution is -0.389. The zero-order valence-electron chi connectivity index (χ0n) is 13.6. The van der Waals surface area contributed by atoms with Gasteiger partial charge in [0.25, 0.3) is 0 Å². The van der Waals surface area contributed by atoms with Crippen LogP contribution in [0.5, 0.6) is 0 Å². The van der Waals surface area contributed by atoms with Gasteiger partial charge in [-0.1, -0.05) is 30.3 Å². The molecule has 0 radical (unpaired) electrons. The van der Waals surface area contributed by atoms with Crippen LogP contribution in [0.3, 0.4) is 0 Å².